The van der Waals surface area contributed by atoms with Crippen molar-refractivity contribution in [2.75, 3.05) is 39.3 Å². The molecule has 3 aromatic rings. The number of methoxy groups -OCH3 is 3. The summed E-state index contributed by atoms with van der Waals surface area (Å²) in [5, 5.41) is 0. The van der Waals surface area contributed by atoms with Crippen LogP contribution in [0.5, 0.6) is 0 Å². The summed E-state index contributed by atoms with van der Waals surface area (Å²) in [6.45, 7) is 2.09. The fourth-order valence-electron chi connectivity index (χ4n) is 6.12. The van der Waals surface area contributed by atoms with Crippen LogP contribution in [0, 0.1) is 5.92 Å². The molecule has 2 aliphatic rings. The van der Waals surface area contributed by atoms with E-state index in [1.807, 2.05) is 12.1 Å². The number of piperidine rings is 1. The van der Waals surface area contributed by atoms with Gasteiger partial charge in [-0.05, 0) is 95.7 Å². The summed E-state index contributed by atoms with van der Waals surface area (Å²) in [6.07, 6.45) is 6.08. The minimum atomic E-state index is -0.288. The number of carbonyl (C=O) groups excluding carboxylic acids is 1. The molecule has 3 aromatic carbocycles. The molecule has 5 nitrogen and oxygen atoms in total. The van der Waals surface area contributed by atoms with Crippen LogP contribution in [-0.2, 0) is 20.6 Å². The highest BCUT2D eigenvalue weighted by atomic mass is 16.7. The molecule has 204 valence electrons. The van der Waals surface area contributed by atoms with Crippen LogP contribution in [-0.4, -0.2) is 46.7 Å². The number of anilines is 1. The summed E-state index contributed by atoms with van der Waals surface area (Å²) < 4.78 is 15.8. The van der Waals surface area contributed by atoms with E-state index in [-0.39, 0.29) is 12.3 Å². The molecule has 5 heteroatoms. The van der Waals surface area contributed by atoms with Crippen LogP contribution in [0.15, 0.2) is 72.8 Å². The number of carbonyl (C=O) groups is 1. The van der Waals surface area contributed by atoms with Gasteiger partial charge in [0.25, 0.3) is 0 Å². The van der Waals surface area contributed by atoms with Crippen LogP contribution in [0.25, 0.3) is 11.1 Å². The summed E-state index contributed by atoms with van der Waals surface area (Å²) in [5.74, 6) is 0.338. The molecule has 1 fully saturated rings. The molecular formula is C34H39NO4. The average Bonchev–Trinajstić information content (AvgIpc) is 3.19. The lowest BCUT2D eigenvalue weighted by Gasteiger charge is -2.34. The van der Waals surface area contributed by atoms with Crippen molar-refractivity contribution < 1.29 is 19.0 Å². The third-order valence-electron chi connectivity index (χ3n) is 8.28. The largest absolute Gasteiger partial charge is 0.465 e. The SMILES string of the molecule is COC(=O)c1ccc2c(c1)CCCC(c1ccccc1)=C2c1ccc(N2CCC(CC(OC)OC)CC2)cc1. The van der Waals surface area contributed by atoms with Crippen molar-refractivity contribution in [2.24, 2.45) is 5.92 Å². The molecule has 1 aliphatic carbocycles. The number of ether oxygens (including phenoxy) is 3. The molecule has 0 bridgehead atoms. The minimum Gasteiger partial charge on any atom is -0.465 e. The molecule has 1 heterocycles. The van der Waals surface area contributed by atoms with Gasteiger partial charge in [0.15, 0.2) is 6.29 Å². The maximum atomic E-state index is 12.3. The summed E-state index contributed by atoms with van der Waals surface area (Å²) in [7, 11) is 4.87. The quantitative estimate of drug-likeness (QED) is 0.234. The van der Waals surface area contributed by atoms with E-state index in [0.717, 1.165) is 51.6 Å². The van der Waals surface area contributed by atoms with Crippen LogP contribution in [0.1, 0.15) is 64.7 Å². The van der Waals surface area contributed by atoms with Gasteiger partial charge in [-0.3, -0.25) is 0 Å². The fourth-order valence-corrected chi connectivity index (χ4v) is 6.12. The third-order valence-corrected chi connectivity index (χ3v) is 8.28. The zero-order valence-corrected chi connectivity index (χ0v) is 23.3. The smallest absolute Gasteiger partial charge is 0.337 e. The summed E-state index contributed by atoms with van der Waals surface area (Å²) in [4.78, 5) is 14.8. The Hall–Kier alpha value is -3.41. The van der Waals surface area contributed by atoms with E-state index >= 15 is 0 Å². The number of nitrogens with zero attached hydrogens (tertiary/aromatic N) is 1. The average molecular weight is 526 g/mol. The molecule has 0 radical (unpaired) electrons. The molecule has 0 aromatic heterocycles. The van der Waals surface area contributed by atoms with E-state index in [1.54, 1.807) is 14.2 Å². The first-order valence-corrected chi connectivity index (χ1v) is 14.0. The number of allylic oxidation sites excluding steroid dienone is 1. The highest BCUT2D eigenvalue weighted by Gasteiger charge is 2.24. The highest BCUT2D eigenvalue weighted by molar-refractivity contribution is 6.01. The van der Waals surface area contributed by atoms with Crippen molar-refractivity contribution in [3.05, 3.63) is 101 Å². The molecular weight excluding hydrogens is 486 g/mol. The molecule has 1 aliphatic heterocycles. The zero-order valence-electron chi connectivity index (χ0n) is 23.3. The third kappa shape index (κ3) is 6.10. The number of esters is 1. The Morgan fingerprint density at radius 1 is 0.872 bits per heavy atom. The van der Waals surface area contributed by atoms with Crippen molar-refractivity contribution in [3.63, 3.8) is 0 Å². The summed E-state index contributed by atoms with van der Waals surface area (Å²) in [6, 6.07) is 25.8. The number of benzene rings is 3. The van der Waals surface area contributed by atoms with Crippen molar-refractivity contribution >= 4 is 22.8 Å². The standard InChI is InChI=1S/C34H39NO4/c1-37-32(38-2)22-24-18-20-35(21-19-24)29-15-12-26(13-16-29)33-30(25-8-5-4-6-9-25)11-7-10-27-23-28(34(36)39-3)14-17-31(27)33/h4-6,8-9,12-17,23-24,32H,7,10-11,18-22H2,1-3H3. The van der Waals surface area contributed by atoms with E-state index < -0.39 is 0 Å². The maximum absolute atomic E-state index is 12.3. The Morgan fingerprint density at radius 3 is 2.26 bits per heavy atom. The van der Waals surface area contributed by atoms with E-state index in [1.165, 1.54) is 46.2 Å². The Labute approximate surface area is 232 Å². The van der Waals surface area contributed by atoms with Crippen molar-refractivity contribution in [1.82, 2.24) is 0 Å². The highest BCUT2D eigenvalue weighted by Crippen LogP contribution is 2.40. The maximum Gasteiger partial charge on any atom is 0.337 e. The van der Waals surface area contributed by atoms with Crippen LogP contribution >= 0.6 is 0 Å². The first kappa shape index (κ1) is 27.2. The predicted molar refractivity (Wildman–Crippen MR) is 157 cm³/mol. The van der Waals surface area contributed by atoms with Crippen molar-refractivity contribution in [2.45, 2.75) is 44.8 Å². The molecule has 0 amide bonds. The van der Waals surface area contributed by atoms with Crippen molar-refractivity contribution in [3.8, 4) is 0 Å². The van der Waals surface area contributed by atoms with Crippen LogP contribution in [0.2, 0.25) is 0 Å². The lowest BCUT2D eigenvalue weighted by molar-refractivity contribution is -0.115. The van der Waals surface area contributed by atoms with Gasteiger partial charge in [-0.15, -0.1) is 0 Å². The van der Waals surface area contributed by atoms with E-state index in [9.17, 15) is 4.79 Å². The summed E-state index contributed by atoms with van der Waals surface area (Å²) in [5.41, 5.74) is 9.39. The molecule has 0 atom stereocenters. The number of fused-ring (bicyclic) bond motifs is 1. The van der Waals surface area contributed by atoms with Gasteiger partial charge in [-0.2, -0.15) is 0 Å². The molecule has 0 spiro atoms. The Bertz CT molecular complexity index is 1290. The number of hydrogen-bond donors (Lipinski definition) is 0. The van der Waals surface area contributed by atoms with Crippen molar-refractivity contribution in [1.29, 1.82) is 0 Å². The molecule has 39 heavy (non-hydrogen) atoms. The van der Waals surface area contributed by atoms with Gasteiger partial charge in [0.1, 0.15) is 0 Å². The van der Waals surface area contributed by atoms with Crippen LogP contribution in [0.3, 0.4) is 0 Å². The first-order valence-electron chi connectivity index (χ1n) is 14.0. The van der Waals surface area contributed by atoms with Crippen LogP contribution in [0.4, 0.5) is 5.69 Å². The minimum absolute atomic E-state index is 0.112. The normalized spacial score (nSPS) is 16.3. The topological polar surface area (TPSA) is 48.0 Å². The molecule has 0 unspecified atom stereocenters. The van der Waals surface area contributed by atoms with E-state index in [2.05, 4.69) is 65.6 Å². The number of rotatable bonds is 8. The lowest BCUT2D eigenvalue weighted by atomic mass is 9.87. The second-order valence-electron chi connectivity index (χ2n) is 10.6. The second-order valence-corrected chi connectivity index (χ2v) is 10.6. The van der Waals surface area contributed by atoms with Gasteiger partial charge in [0.05, 0.1) is 12.7 Å². The van der Waals surface area contributed by atoms with Gasteiger partial charge in [-0.1, -0.05) is 48.5 Å². The van der Waals surface area contributed by atoms with Gasteiger partial charge in [-0.25, -0.2) is 4.79 Å². The van der Waals surface area contributed by atoms with E-state index in [4.69, 9.17) is 14.2 Å². The fraction of sp³-hybridized carbons (Fsp3) is 0.382. The molecule has 5 rings (SSSR count). The molecule has 0 N–H and O–H groups in total. The Kier molecular flexibility index (Phi) is 8.80. The van der Waals surface area contributed by atoms with Gasteiger partial charge in [0.2, 0.25) is 0 Å². The number of aryl methyl sites for hydroxylation is 1. The second kappa shape index (κ2) is 12.6. The number of hydrogen-bond acceptors (Lipinski definition) is 5. The lowest BCUT2D eigenvalue weighted by Crippen LogP contribution is -2.35. The first-order chi connectivity index (χ1) is 19.1. The monoisotopic (exact) mass is 525 g/mol. The summed E-state index contributed by atoms with van der Waals surface area (Å²) >= 11 is 0. The molecule has 1 saturated heterocycles. The Balaban J connectivity index is 1.45. The van der Waals surface area contributed by atoms with Crippen LogP contribution < -0.4 is 4.90 Å². The van der Waals surface area contributed by atoms with Gasteiger partial charge in [0, 0.05) is 39.4 Å². The van der Waals surface area contributed by atoms with E-state index in [0.29, 0.717) is 11.5 Å². The van der Waals surface area contributed by atoms with Gasteiger partial charge < -0.3 is 19.1 Å². The predicted octanol–water partition coefficient (Wildman–Crippen LogP) is 6.99. The molecule has 0 saturated carbocycles. The van der Waals surface area contributed by atoms with Gasteiger partial charge >= 0.3 is 5.97 Å². The zero-order chi connectivity index (χ0) is 27.2. The Morgan fingerprint density at radius 2 is 1.59 bits per heavy atom.